The van der Waals surface area contributed by atoms with Crippen molar-refractivity contribution in [3.63, 3.8) is 0 Å². The summed E-state index contributed by atoms with van der Waals surface area (Å²) < 4.78 is 49.6. The van der Waals surface area contributed by atoms with Crippen molar-refractivity contribution in [1.82, 2.24) is 15.0 Å². The van der Waals surface area contributed by atoms with Gasteiger partial charge in [0, 0.05) is 41.4 Å². The number of fused-ring (bicyclic) bond motifs is 1. The minimum absolute atomic E-state index is 0.0114. The van der Waals surface area contributed by atoms with E-state index in [1.807, 2.05) is 25.2 Å². The molecule has 0 radical (unpaired) electrons. The van der Waals surface area contributed by atoms with E-state index in [1.165, 1.54) is 12.1 Å². The van der Waals surface area contributed by atoms with Crippen LogP contribution in [-0.4, -0.2) is 22.0 Å². The van der Waals surface area contributed by atoms with Crippen LogP contribution < -0.4 is 10.1 Å². The van der Waals surface area contributed by atoms with Crippen LogP contribution in [0.5, 0.6) is 5.88 Å². The van der Waals surface area contributed by atoms with Gasteiger partial charge in [0.25, 0.3) is 0 Å². The summed E-state index contributed by atoms with van der Waals surface area (Å²) in [6.45, 7) is -0.0947. The van der Waals surface area contributed by atoms with E-state index in [0.717, 1.165) is 28.9 Å². The van der Waals surface area contributed by atoms with Crippen LogP contribution >= 0.6 is 11.6 Å². The minimum atomic E-state index is -0.631. The molecule has 182 valence electrons. The van der Waals surface area contributed by atoms with Crippen LogP contribution in [0.15, 0.2) is 66.7 Å². The molecule has 0 aliphatic heterocycles. The van der Waals surface area contributed by atoms with Gasteiger partial charge in [0.2, 0.25) is 5.88 Å². The number of benzene rings is 3. The number of hydrogen-bond acceptors (Lipinski definition) is 4. The first-order chi connectivity index (χ1) is 17.4. The third-order valence-electron chi connectivity index (χ3n) is 5.70. The Bertz CT molecular complexity index is 1570. The molecule has 2 heterocycles. The standard InChI is InChI=1S/C27H20ClF3N4O/c1-32-18-7-8-24-25(12-18)34-26(33-24)10-16-9-22(31)19(13-21(16)30)23-3-2-4-27(35-23)36-14-15-5-6-17(28)11-20(15)29/h2-9,11-13,32H,10,14H2,1H3,(H,33,34). The number of aromatic amines is 1. The lowest BCUT2D eigenvalue weighted by molar-refractivity contribution is 0.288. The number of anilines is 1. The molecule has 0 fully saturated rings. The Kier molecular flexibility index (Phi) is 6.52. The van der Waals surface area contributed by atoms with Crippen molar-refractivity contribution in [1.29, 1.82) is 0 Å². The monoisotopic (exact) mass is 508 g/mol. The van der Waals surface area contributed by atoms with E-state index >= 15 is 4.39 Å². The number of aromatic nitrogens is 3. The van der Waals surface area contributed by atoms with Crippen molar-refractivity contribution in [2.24, 2.45) is 0 Å². The molecule has 0 atom stereocenters. The first-order valence-corrected chi connectivity index (χ1v) is 11.5. The summed E-state index contributed by atoms with van der Waals surface area (Å²) in [5.74, 6) is -1.05. The average Bonchev–Trinajstić information content (AvgIpc) is 3.27. The lowest BCUT2D eigenvalue weighted by atomic mass is 10.0. The maximum Gasteiger partial charge on any atom is 0.214 e. The highest BCUT2D eigenvalue weighted by Crippen LogP contribution is 2.28. The molecule has 0 unspecified atom stereocenters. The first kappa shape index (κ1) is 23.7. The van der Waals surface area contributed by atoms with Crippen molar-refractivity contribution in [2.45, 2.75) is 13.0 Å². The number of nitrogens with zero attached hydrogens (tertiary/aromatic N) is 2. The first-order valence-electron chi connectivity index (χ1n) is 11.1. The van der Waals surface area contributed by atoms with Crippen LogP contribution in [0.4, 0.5) is 18.9 Å². The molecule has 3 aromatic carbocycles. The lowest BCUT2D eigenvalue weighted by Crippen LogP contribution is -2.01. The van der Waals surface area contributed by atoms with Crippen LogP contribution in [0.25, 0.3) is 22.3 Å². The summed E-state index contributed by atoms with van der Waals surface area (Å²) in [5, 5.41) is 3.33. The molecule has 5 rings (SSSR count). The Hall–Kier alpha value is -4.04. The third-order valence-corrected chi connectivity index (χ3v) is 5.94. The zero-order valence-corrected chi connectivity index (χ0v) is 19.8. The zero-order valence-electron chi connectivity index (χ0n) is 19.1. The van der Waals surface area contributed by atoms with E-state index in [1.54, 1.807) is 24.3 Å². The van der Waals surface area contributed by atoms with Crippen molar-refractivity contribution in [3.8, 4) is 17.1 Å². The highest BCUT2D eigenvalue weighted by molar-refractivity contribution is 6.30. The largest absolute Gasteiger partial charge is 0.473 e. The lowest BCUT2D eigenvalue weighted by Gasteiger charge is -2.10. The topological polar surface area (TPSA) is 62.8 Å². The van der Waals surface area contributed by atoms with Gasteiger partial charge in [-0.15, -0.1) is 0 Å². The molecule has 0 aliphatic rings. The Morgan fingerprint density at radius 1 is 0.889 bits per heavy atom. The van der Waals surface area contributed by atoms with Gasteiger partial charge in [-0.2, -0.15) is 0 Å². The fraction of sp³-hybridized carbons (Fsp3) is 0.111. The molecule has 0 saturated heterocycles. The highest BCUT2D eigenvalue weighted by atomic mass is 35.5. The molecule has 0 amide bonds. The van der Waals surface area contributed by atoms with Crippen LogP contribution in [0.3, 0.4) is 0 Å². The van der Waals surface area contributed by atoms with E-state index in [0.29, 0.717) is 11.4 Å². The van der Waals surface area contributed by atoms with Crippen LogP contribution in [0.2, 0.25) is 5.02 Å². The molecule has 36 heavy (non-hydrogen) atoms. The number of hydrogen-bond donors (Lipinski definition) is 2. The number of halogens is 4. The Balaban J connectivity index is 1.36. The molecule has 0 bridgehead atoms. The second kappa shape index (κ2) is 9.91. The van der Waals surface area contributed by atoms with Gasteiger partial charge < -0.3 is 15.0 Å². The Morgan fingerprint density at radius 2 is 1.72 bits per heavy atom. The number of imidazole rings is 1. The summed E-state index contributed by atoms with van der Waals surface area (Å²) >= 11 is 5.77. The number of nitrogens with one attached hydrogen (secondary N) is 2. The molecule has 2 aromatic heterocycles. The third kappa shape index (κ3) is 4.99. The average molecular weight is 509 g/mol. The predicted octanol–water partition coefficient (Wildman–Crippen LogP) is 6.91. The summed E-state index contributed by atoms with van der Waals surface area (Å²) in [6.07, 6.45) is 0.0931. The second-order valence-corrected chi connectivity index (χ2v) is 8.59. The summed E-state index contributed by atoms with van der Waals surface area (Å²) in [7, 11) is 1.81. The van der Waals surface area contributed by atoms with Gasteiger partial charge in [-0.25, -0.2) is 23.1 Å². The van der Waals surface area contributed by atoms with Crippen LogP contribution in [0, 0.1) is 17.5 Å². The smallest absolute Gasteiger partial charge is 0.214 e. The maximum absolute atomic E-state index is 15.0. The van der Waals surface area contributed by atoms with Crippen molar-refractivity contribution in [2.75, 3.05) is 12.4 Å². The second-order valence-electron chi connectivity index (χ2n) is 8.15. The van der Waals surface area contributed by atoms with Gasteiger partial charge in [-0.1, -0.05) is 23.7 Å². The molecular formula is C27H20ClF3N4O. The van der Waals surface area contributed by atoms with Gasteiger partial charge in [-0.3, -0.25) is 0 Å². The van der Waals surface area contributed by atoms with Gasteiger partial charge in [0.15, 0.2) is 0 Å². The van der Waals surface area contributed by atoms with Crippen molar-refractivity contribution >= 4 is 28.3 Å². The number of H-pyrrole nitrogens is 1. The fourth-order valence-corrected chi connectivity index (χ4v) is 4.00. The summed E-state index contributed by atoms with van der Waals surface area (Å²) in [6, 6.07) is 16.9. The number of pyridine rings is 1. The van der Waals surface area contributed by atoms with Crippen molar-refractivity contribution in [3.05, 3.63) is 106 Å². The van der Waals surface area contributed by atoms with E-state index < -0.39 is 17.5 Å². The fourth-order valence-electron chi connectivity index (χ4n) is 3.84. The van der Waals surface area contributed by atoms with E-state index in [9.17, 15) is 8.78 Å². The van der Waals surface area contributed by atoms with Gasteiger partial charge in [-0.05, 0) is 54.1 Å². The van der Waals surface area contributed by atoms with Gasteiger partial charge >= 0.3 is 0 Å². The quantitative estimate of drug-likeness (QED) is 0.251. The maximum atomic E-state index is 15.0. The van der Waals surface area contributed by atoms with Crippen molar-refractivity contribution < 1.29 is 17.9 Å². The molecule has 0 saturated carbocycles. The predicted molar refractivity (Wildman–Crippen MR) is 134 cm³/mol. The van der Waals surface area contributed by atoms with Gasteiger partial charge in [0.1, 0.15) is 29.9 Å². The number of ether oxygens (including phenoxy) is 1. The van der Waals surface area contributed by atoms with Gasteiger partial charge in [0.05, 0.1) is 16.7 Å². The zero-order chi connectivity index (χ0) is 25.2. The van der Waals surface area contributed by atoms with Crippen LogP contribution in [0.1, 0.15) is 17.0 Å². The summed E-state index contributed by atoms with van der Waals surface area (Å²) in [4.78, 5) is 11.9. The van der Waals surface area contributed by atoms with E-state index in [-0.39, 0.29) is 40.8 Å². The molecule has 5 aromatic rings. The molecule has 5 nitrogen and oxygen atoms in total. The number of rotatable bonds is 7. The molecule has 0 spiro atoms. The molecule has 0 aliphatic carbocycles. The Labute approximate surface area is 209 Å². The normalized spacial score (nSPS) is 11.1. The van der Waals surface area contributed by atoms with E-state index in [2.05, 4.69) is 20.3 Å². The van der Waals surface area contributed by atoms with E-state index in [4.69, 9.17) is 16.3 Å². The Morgan fingerprint density at radius 3 is 2.53 bits per heavy atom. The molecule has 2 N–H and O–H groups in total. The van der Waals surface area contributed by atoms with Crippen LogP contribution in [-0.2, 0) is 13.0 Å². The molecule has 9 heteroatoms. The summed E-state index contributed by atoms with van der Waals surface area (Å²) in [5.41, 5.74) is 3.08. The molecular weight excluding hydrogens is 489 g/mol. The SMILES string of the molecule is CNc1ccc2nc(Cc3cc(F)c(-c4cccc(OCc5ccc(Cl)cc5F)n4)cc3F)[nH]c2c1. The minimum Gasteiger partial charge on any atom is -0.473 e. The highest BCUT2D eigenvalue weighted by Gasteiger charge is 2.16.